The van der Waals surface area contributed by atoms with Gasteiger partial charge in [-0.05, 0) is 43.5 Å². The van der Waals surface area contributed by atoms with Gasteiger partial charge < -0.3 is 14.2 Å². The van der Waals surface area contributed by atoms with Crippen molar-refractivity contribution in [3.63, 3.8) is 0 Å². The van der Waals surface area contributed by atoms with Crippen LogP contribution < -0.4 is 0 Å². The monoisotopic (exact) mass is 505 g/mol. The molecule has 6 nitrogen and oxygen atoms in total. The van der Waals surface area contributed by atoms with Crippen LogP contribution in [0.4, 0.5) is 4.39 Å². The second-order valence-electron chi connectivity index (χ2n) is 8.38. The first-order valence-corrected chi connectivity index (χ1v) is 12.1. The first-order chi connectivity index (χ1) is 16.4. The number of hydrogen-bond donors (Lipinski definition) is 0. The van der Waals surface area contributed by atoms with Crippen molar-refractivity contribution in [2.75, 3.05) is 19.7 Å². The van der Waals surface area contributed by atoms with E-state index in [2.05, 4.69) is 4.98 Å². The first kappa shape index (κ1) is 24.5. The van der Waals surface area contributed by atoms with Gasteiger partial charge in [-0.25, -0.2) is 9.37 Å². The number of benzene rings is 2. The van der Waals surface area contributed by atoms with Gasteiger partial charge in [0.2, 0.25) is 5.91 Å². The van der Waals surface area contributed by atoms with Crippen molar-refractivity contribution in [3.8, 4) is 0 Å². The van der Waals surface area contributed by atoms with E-state index in [9.17, 15) is 14.0 Å². The minimum absolute atomic E-state index is 0.0484. The zero-order valence-corrected chi connectivity index (χ0v) is 20.4. The SMILES string of the molecule is CCOC(=O)[C@@H]1CCCN(C(=O)CCn2c(Cc3ccccc3F)nc3cc(Cl)c(Cl)cc32)C1. The normalized spacial score (nSPS) is 16.1. The summed E-state index contributed by atoms with van der Waals surface area (Å²) >= 11 is 12.4. The maximum absolute atomic E-state index is 14.3. The Bertz CT molecular complexity index is 1210. The molecule has 1 fully saturated rings. The summed E-state index contributed by atoms with van der Waals surface area (Å²) in [6.07, 6.45) is 1.96. The van der Waals surface area contributed by atoms with Crippen molar-refractivity contribution in [2.24, 2.45) is 5.92 Å². The third-order valence-electron chi connectivity index (χ3n) is 6.12. The fourth-order valence-corrected chi connectivity index (χ4v) is 4.70. The number of aryl methyl sites for hydroxylation is 1. The van der Waals surface area contributed by atoms with Crippen LogP contribution in [0.15, 0.2) is 36.4 Å². The van der Waals surface area contributed by atoms with Crippen molar-refractivity contribution < 1.29 is 18.7 Å². The third kappa shape index (κ3) is 5.36. The van der Waals surface area contributed by atoms with Gasteiger partial charge in [-0.3, -0.25) is 9.59 Å². The Morgan fingerprint density at radius 2 is 1.97 bits per heavy atom. The molecule has 34 heavy (non-hydrogen) atoms. The van der Waals surface area contributed by atoms with E-state index in [1.54, 1.807) is 42.2 Å². The second kappa shape index (κ2) is 10.7. The number of piperidine rings is 1. The van der Waals surface area contributed by atoms with Crippen LogP contribution in [0.2, 0.25) is 10.0 Å². The summed E-state index contributed by atoms with van der Waals surface area (Å²) < 4.78 is 21.4. The molecule has 180 valence electrons. The number of ether oxygens (including phenoxy) is 1. The van der Waals surface area contributed by atoms with Gasteiger partial charge in [-0.1, -0.05) is 41.4 Å². The molecule has 0 bridgehead atoms. The predicted molar refractivity (Wildman–Crippen MR) is 130 cm³/mol. The van der Waals surface area contributed by atoms with Crippen LogP contribution in [0.1, 0.15) is 37.6 Å². The van der Waals surface area contributed by atoms with E-state index in [1.807, 2.05) is 4.57 Å². The van der Waals surface area contributed by atoms with Crippen LogP contribution in [0.5, 0.6) is 0 Å². The average molecular weight is 506 g/mol. The number of carbonyl (C=O) groups is 2. The van der Waals surface area contributed by atoms with Crippen molar-refractivity contribution in [1.82, 2.24) is 14.5 Å². The molecular formula is C25H26Cl2FN3O3. The number of nitrogens with zero attached hydrogens (tertiary/aromatic N) is 3. The Kier molecular flexibility index (Phi) is 7.73. The molecule has 0 N–H and O–H groups in total. The molecule has 2 heterocycles. The van der Waals surface area contributed by atoms with Gasteiger partial charge in [-0.2, -0.15) is 0 Å². The van der Waals surface area contributed by atoms with Crippen LogP contribution >= 0.6 is 23.2 Å². The lowest BCUT2D eigenvalue weighted by Gasteiger charge is -2.31. The highest BCUT2D eigenvalue weighted by atomic mass is 35.5. The van der Waals surface area contributed by atoms with Crippen LogP contribution in [0, 0.1) is 11.7 Å². The van der Waals surface area contributed by atoms with Gasteiger partial charge in [0, 0.05) is 32.5 Å². The molecule has 0 aliphatic carbocycles. The number of carbonyl (C=O) groups excluding carboxylic acids is 2. The highest BCUT2D eigenvalue weighted by Crippen LogP contribution is 2.29. The summed E-state index contributed by atoms with van der Waals surface area (Å²) in [5.74, 6) is -0.280. The molecule has 0 spiro atoms. The number of aromatic nitrogens is 2. The molecule has 1 aliphatic rings. The zero-order chi connectivity index (χ0) is 24.2. The minimum Gasteiger partial charge on any atom is -0.466 e. The molecule has 0 unspecified atom stereocenters. The third-order valence-corrected chi connectivity index (χ3v) is 6.84. The van der Waals surface area contributed by atoms with E-state index < -0.39 is 0 Å². The number of esters is 1. The molecule has 1 amide bonds. The summed E-state index contributed by atoms with van der Waals surface area (Å²) in [6, 6.07) is 9.95. The van der Waals surface area contributed by atoms with Crippen molar-refractivity contribution in [2.45, 2.75) is 39.2 Å². The Labute approximate surface area is 207 Å². The van der Waals surface area contributed by atoms with Crippen molar-refractivity contribution in [3.05, 3.63) is 63.6 Å². The topological polar surface area (TPSA) is 64.4 Å². The smallest absolute Gasteiger partial charge is 0.310 e. The Balaban J connectivity index is 1.55. The lowest BCUT2D eigenvalue weighted by Crippen LogP contribution is -2.43. The lowest BCUT2D eigenvalue weighted by atomic mass is 9.98. The van der Waals surface area contributed by atoms with Crippen LogP contribution in [-0.4, -0.2) is 46.0 Å². The largest absolute Gasteiger partial charge is 0.466 e. The van der Waals surface area contributed by atoms with Crippen LogP contribution in [0.25, 0.3) is 11.0 Å². The van der Waals surface area contributed by atoms with Gasteiger partial charge in [-0.15, -0.1) is 0 Å². The van der Waals surface area contributed by atoms with Gasteiger partial charge >= 0.3 is 5.97 Å². The molecule has 3 aromatic rings. The Morgan fingerprint density at radius 3 is 2.74 bits per heavy atom. The van der Waals surface area contributed by atoms with Crippen LogP contribution in [0.3, 0.4) is 0 Å². The summed E-state index contributed by atoms with van der Waals surface area (Å²) in [5.41, 5.74) is 1.88. The molecule has 9 heteroatoms. The number of hydrogen-bond acceptors (Lipinski definition) is 4. The van der Waals surface area contributed by atoms with Gasteiger partial charge in [0.1, 0.15) is 11.6 Å². The molecule has 1 atom stereocenters. The van der Waals surface area contributed by atoms with Crippen molar-refractivity contribution >= 4 is 46.1 Å². The fourth-order valence-electron chi connectivity index (χ4n) is 4.39. The summed E-state index contributed by atoms with van der Waals surface area (Å²) in [5, 5.41) is 0.762. The maximum Gasteiger partial charge on any atom is 0.310 e. The zero-order valence-electron chi connectivity index (χ0n) is 18.9. The molecule has 0 saturated carbocycles. The van der Waals surface area contributed by atoms with Gasteiger partial charge in [0.15, 0.2) is 0 Å². The molecule has 4 rings (SSSR count). The fraction of sp³-hybridized carbons (Fsp3) is 0.400. The number of fused-ring (bicyclic) bond motifs is 1. The highest BCUT2D eigenvalue weighted by Gasteiger charge is 2.29. The molecule has 0 radical (unpaired) electrons. The lowest BCUT2D eigenvalue weighted by molar-refractivity contribution is -0.151. The van der Waals surface area contributed by atoms with E-state index in [0.29, 0.717) is 53.2 Å². The number of halogens is 3. The molecule has 1 aliphatic heterocycles. The standard InChI is InChI=1S/C25H26Cl2FN3O3/c1-2-34-25(33)17-7-5-10-30(15-17)24(32)9-11-31-22-14-19(27)18(26)13-21(22)29-23(31)12-16-6-3-4-8-20(16)28/h3-4,6,8,13-14,17H,2,5,7,9-12,15H2,1H3/t17-/m1/s1. The highest BCUT2D eigenvalue weighted by molar-refractivity contribution is 6.42. The van der Waals surface area contributed by atoms with E-state index >= 15 is 0 Å². The maximum atomic E-state index is 14.3. The number of imidazole rings is 1. The van der Waals surface area contributed by atoms with Crippen molar-refractivity contribution in [1.29, 1.82) is 0 Å². The molecule has 2 aromatic carbocycles. The van der Waals surface area contributed by atoms with Gasteiger partial charge in [0.05, 0.1) is 33.6 Å². The van der Waals surface area contributed by atoms with Crippen LogP contribution in [-0.2, 0) is 27.3 Å². The van der Waals surface area contributed by atoms with E-state index in [0.717, 1.165) is 18.4 Å². The quantitative estimate of drug-likeness (QED) is 0.410. The number of rotatable bonds is 7. The first-order valence-electron chi connectivity index (χ1n) is 11.4. The Hall–Kier alpha value is -2.64. The van der Waals surface area contributed by atoms with Gasteiger partial charge in [0.25, 0.3) is 0 Å². The average Bonchev–Trinajstić information content (AvgIpc) is 3.15. The van der Waals surface area contributed by atoms with E-state index in [-0.39, 0.29) is 36.5 Å². The number of likely N-dealkylation sites (tertiary alicyclic amines) is 1. The molecule has 1 saturated heterocycles. The van der Waals surface area contributed by atoms with E-state index in [4.69, 9.17) is 27.9 Å². The minimum atomic E-state index is -0.313. The summed E-state index contributed by atoms with van der Waals surface area (Å²) in [6.45, 7) is 3.43. The molecule has 1 aromatic heterocycles. The summed E-state index contributed by atoms with van der Waals surface area (Å²) in [7, 11) is 0. The van der Waals surface area contributed by atoms with E-state index in [1.165, 1.54) is 6.07 Å². The second-order valence-corrected chi connectivity index (χ2v) is 9.20. The molecular weight excluding hydrogens is 480 g/mol. The summed E-state index contributed by atoms with van der Waals surface area (Å²) in [4.78, 5) is 31.6. The Morgan fingerprint density at radius 1 is 1.21 bits per heavy atom. The predicted octanol–water partition coefficient (Wildman–Crippen LogP) is 5.26. The number of amides is 1.